The minimum Gasteiger partial charge on any atom is -0.508 e. The smallest absolute Gasteiger partial charge is 0.143 e. The highest BCUT2D eigenvalue weighted by molar-refractivity contribution is 6.06. The molecule has 1 aromatic heterocycles. The fourth-order valence-electron chi connectivity index (χ4n) is 5.08. The lowest BCUT2D eigenvalue weighted by molar-refractivity contribution is 0.159. The molecule has 7 heteroatoms. The normalized spacial score (nSPS) is 16.7. The molecule has 2 atom stereocenters. The van der Waals surface area contributed by atoms with E-state index in [1.54, 1.807) is 24.3 Å². The molecule has 5 aromatic rings. The number of hydrogen-bond donors (Lipinski definition) is 6. The summed E-state index contributed by atoms with van der Waals surface area (Å²) < 4.78 is 6.17. The van der Waals surface area contributed by atoms with Gasteiger partial charge in [-0.1, -0.05) is 12.1 Å². The van der Waals surface area contributed by atoms with Crippen LogP contribution < -0.4 is 0 Å². The van der Waals surface area contributed by atoms with Crippen molar-refractivity contribution in [1.29, 1.82) is 0 Å². The van der Waals surface area contributed by atoms with E-state index in [4.69, 9.17) is 4.42 Å². The number of fused-ring (bicyclic) bond motifs is 2. The van der Waals surface area contributed by atoms with Crippen molar-refractivity contribution in [2.45, 2.75) is 12.0 Å². The monoisotopic (exact) mass is 468 g/mol. The predicted molar refractivity (Wildman–Crippen MR) is 129 cm³/mol. The van der Waals surface area contributed by atoms with Gasteiger partial charge in [0.25, 0.3) is 0 Å². The van der Waals surface area contributed by atoms with E-state index in [1.807, 2.05) is 0 Å². The van der Waals surface area contributed by atoms with Crippen molar-refractivity contribution in [3.05, 3.63) is 89.5 Å². The first-order valence-electron chi connectivity index (χ1n) is 10.9. The van der Waals surface area contributed by atoms with Gasteiger partial charge >= 0.3 is 0 Å². The molecule has 174 valence electrons. The van der Waals surface area contributed by atoms with Gasteiger partial charge in [0.15, 0.2) is 0 Å². The van der Waals surface area contributed by atoms with Gasteiger partial charge in [-0.15, -0.1) is 0 Å². The van der Waals surface area contributed by atoms with E-state index in [0.717, 1.165) is 0 Å². The Morgan fingerprint density at radius 3 is 1.97 bits per heavy atom. The number of furan rings is 1. The van der Waals surface area contributed by atoms with Gasteiger partial charge in [0.1, 0.15) is 40.1 Å². The lowest BCUT2D eigenvalue weighted by Crippen LogP contribution is -2.12. The summed E-state index contributed by atoms with van der Waals surface area (Å²) in [4.78, 5) is 0. The molecule has 0 unspecified atom stereocenters. The van der Waals surface area contributed by atoms with E-state index >= 15 is 0 Å². The topological polar surface area (TPSA) is 135 Å². The van der Waals surface area contributed by atoms with Gasteiger partial charge in [0.05, 0.1) is 6.10 Å². The molecule has 35 heavy (non-hydrogen) atoms. The Hall–Kier alpha value is -4.62. The van der Waals surface area contributed by atoms with Crippen LogP contribution in [0.5, 0.6) is 28.7 Å². The van der Waals surface area contributed by atoms with Crippen LogP contribution >= 0.6 is 0 Å². The standard InChI is InChI=1S/C28H20O7/c29-15-5-1-13(2-6-15)23-24-19(9-17(31)11-21(24)33)26-25-20(27(23)34)10-18(32)12-22(25)35-28(26)14-3-7-16(30)8-4-14/h1-12,23,27,29-34H/t23-,27+/m1/s1. The van der Waals surface area contributed by atoms with Crippen LogP contribution in [0.15, 0.2) is 77.2 Å². The Balaban J connectivity index is 1.77. The van der Waals surface area contributed by atoms with E-state index < -0.39 is 12.0 Å². The number of aliphatic hydroxyl groups excluding tert-OH is 1. The van der Waals surface area contributed by atoms with Gasteiger partial charge in [0, 0.05) is 40.1 Å². The van der Waals surface area contributed by atoms with Crippen LogP contribution in [0.4, 0.5) is 0 Å². The third kappa shape index (κ3) is 3.17. The fourth-order valence-corrected chi connectivity index (χ4v) is 5.08. The second-order valence-corrected chi connectivity index (χ2v) is 8.70. The molecule has 6 N–H and O–H groups in total. The first-order chi connectivity index (χ1) is 16.8. The number of aliphatic hydroxyl groups is 1. The summed E-state index contributed by atoms with van der Waals surface area (Å²) in [6, 6.07) is 18.3. The second kappa shape index (κ2) is 7.44. The Kier molecular flexibility index (Phi) is 4.46. The average Bonchev–Trinajstić information content (AvgIpc) is 3.15. The van der Waals surface area contributed by atoms with Crippen molar-refractivity contribution in [2.75, 3.05) is 0 Å². The third-order valence-corrected chi connectivity index (χ3v) is 6.55. The minimum absolute atomic E-state index is 0.0528. The number of rotatable bonds is 2. The van der Waals surface area contributed by atoms with Crippen molar-refractivity contribution < 1.29 is 35.1 Å². The first kappa shape index (κ1) is 20.9. The van der Waals surface area contributed by atoms with Gasteiger partial charge in [-0.3, -0.25) is 0 Å². The van der Waals surface area contributed by atoms with Crippen molar-refractivity contribution in [2.24, 2.45) is 0 Å². The van der Waals surface area contributed by atoms with Crippen molar-refractivity contribution in [3.63, 3.8) is 0 Å². The molecule has 4 aromatic carbocycles. The first-order valence-corrected chi connectivity index (χ1v) is 10.9. The molecular weight excluding hydrogens is 448 g/mol. The Bertz CT molecular complexity index is 1600. The lowest BCUT2D eigenvalue weighted by atomic mass is 9.82. The van der Waals surface area contributed by atoms with E-state index in [2.05, 4.69) is 0 Å². The van der Waals surface area contributed by atoms with Crippen LogP contribution in [0.25, 0.3) is 33.4 Å². The van der Waals surface area contributed by atoms with Crippen molar-refractivity contribution in [1.82, 2.24) is 0 Å². The molecule has 0 amide bonds. The summed E-state index contributed by atoms with van der Waals surface area (Å²) in [5.41, 5.74) is 3.27. The summed E-state index contributed by atoms with van der Waals surface area (Å²) >= 11 is 0. The van der Waals surface area contributed by atoms with Gasteiger partial charge in [-0.2, -0.15) is 0 Å². The van der Waals surface area contributed by atoms with E-state index in [0.29, 0.717) is 50.1 Å². The number of phenols is 5. The summed E-state index contributed by atoms with van der Waals surface area (Å²) in [5.74, 6) is -0.780. The molecule has 0 aliphatic heterocycles. The molecule has 1 aliphatic carbocycles. The van der Waals surface area contributed by atoms with Gasteiger partial charge in [-0.25, -0.2) is 0 Å². The second-order valence-electron chi connectivity index (χ2n) is 8.70. The highest BCUT2D eigenvalue weighted by atomic mass is 16.3. The van der Waals surface area contributed by atoms with Gasteiger partial charge in [0.2, 0.25) is 0 Å². The van der Waals surface area contributed by atoms with E-state index in [1.165, 1.54) is 48.5 Å². The zero-order valence-electron chi connectivity index (χ0n) is 18.2. The number of benzene rings is 4. The lowest BCUT2D eigenvalue weighted by Gasteiger charge is -2.25. The molecule has 0 radical (unpaired) electrons. The predicted octanol–water partition coefficient (Wildman–Crippen LogP) is 5.47. The van der Waals surface area contributed by atoms with Crippen LogP contribution in [0.2, 0.25) is 0 Å². The molecule has 0 bridgehead atoms. The maximum Gasteiger partial charge on any atom is 0.143 e. The van der Waals surface area contributed by atoms with Crippen LogP contribution in [0, 0.1) is 0 Å². The average molecular weight is 468 g/mol. The van der Waals surface area contributed by atoms with Crippen LogP contribution in [-0.4, -0.2) is 30.6 Å². The maximum absolute atomic E-state index is 11.7. The van der Waals surface area contributed by atoms with E-state index in [-0.39, 0.29) is 28.7 Å². The Labute approximate surface area is 199 Å². The van der Waals surface area contributed by atoms with Crippen LogP contribution in [0.3, 0.4) is 0 Å². The SMILES string of the molecule is Oc1ccc(-c2oc3cc(O)cc4c3c2-c2cc(O)cc(O)c2[C@@H](c2ccc(O)cc2)[C@H]4O)cc1. The molecule has 6 rings (SSSR count). The molecule has 0 saturated carbocycles. The maximum atomic E-state index is 11.7. The molecular formula is C28H20O7. The molecule has 1 heterocycles. The molecule has 0 fully saturated rings. The Morgan fingerprint density at radius 1 is 0.657 bits per heavy atom. The molecule has 7 nitrogen and oxygen atoms in total. The third-order valence-electron chi connectivity index (χ3n) is 6.55. The molecule has 1 aliphatic rings. The van der Waals surface area contributed by atoms with Gasteiger partial charge in [-0.05, 0) is 65.2 Å². The largest absolute Gasteiger partial charge is 0.508 e. The van der Waals surface area contributed by atoms with Crippen LogP contribution in [0.1, 0.15) is 28.7 Å². The fraction of sp³-hybridized carbons (Fsp3) is 0.0714. The summed E-state index contributed by atoms with van der Waals surface area (Å²) in [7, 11) is 0. The number of phenolic OH excluding ortho intramolecular Hbond substituents is 5. The minimum atomic E-state index is -1.21. The zero-order valence-corrected chi connectivity index (χ0v) is 18.2. The number of hydrogen-bond acceptors (Lipinski definition) is 7. The summed E-state index contributed by atoms with van der Waals surface area (Å²) in [6.45, 7) is 0. The summed E-state index contributed by atoms with van der Waals surface area (Å²) in [5, 5.41) is 63.8. The molecule has 0 spiro atoms. The highest BCUT2D eigenvalue weighted by Gasteiger charge is 2.38. The molecule has 0 saturated heterocycles. The Morgan fingerprint density at radius 2 is 1.29 bits per heavy atom. The summed E-state index contributed by atoms with van der Waals surface area (Å²) in [6.07, 6.45) is -1.21. The van der Waals surface area contributed by atoms with Crippen LogP contribution in [-0.2, 0) is 0 Å². The van der Waals surface area contributed by atoms with Crippen molar-refractivity contribution >= 4 is 11.0 Å². The van der Waals surface area contributed by atoms with E-state index in [9.17, 15) is 30.6 Å². The highest BCUT2D eigenvalue weighted by Crippen LogP contribution is 2.56. The zero-order chi connectivity index (χ0) is 24.4. The van der Waals surface area contributed by atoms with Gasteiger partial charge < -0.3 is 35.1 Å². The van der Waals surface area contributed by atoms with Crippen molar-refractivity contribution in [3.8, 4) is 51.2 Å². The quantitative estimate of drug-likeness (QED) is 0.202. The number of aromatic hydroxyl groups is 5.